The maximum absolute atomic E-state index is 13.3. The van der Waals surface area contributed by atoms with Crippen molar-refractivity contribution in [3.05, 3.63) is 47.5 Å². The summed E-state index contributed by atoms with van der Waals surface area (Å²) >= 11 is 0. The van der Waals surface area contributed by atoms with E-state index < -0.39 is 10.0 Å². The highest BCUT2D eigenvalue weighted by atomic mass is 32.2. The van der Waals surface area contributed by atoms with E-state index in [1.807, 2.05) is 19.1 Å². The van der Waals surface area contributed by atoms with E-state index in [0.717, 1.165) is 30.4 Å². The van der Waals surface area contributed by atoms with Crippen molar-refractivity contribution in [1.29, 1.82) is 0 Å². The Labute approximate surface area is 205 Å². The van der Waals surface area contributed by atoms with Crippen LogP contribution in [0.5, 0.6) is 11.5 Å². The van der Waals surface area contributed by atoms with Crippen LogP contribution in [0.3, 0.4) is 0 Å². The molecule has 0 radical (unpaired) electrons. The van der Waals surface area contributed by atoms with Crippen molar-refractivity contribution in [3.63, 3.8) is 0 Å². The SMILES string of the molecule is CC1CCCCN1S(=O)(=O)c1ccc2c(c1)CCC(=O)N2CC(=O)NCc1ccc2c(c1)OCO2. The lowest BCUT2D eigenvalue weighted by atomic mass is 10.0. The molecule has 10 heteroatoms. The Morgan fingerprint density at radius 2 is 1.91 bits per heavy atom. The fraction of sp³-hybridized carbons (Fsp3) is 0.440. The summed E-state index contributed by atoms with van der Waals surface area (Å²) in [6, 6.07) is 10.3. The second-order valence-electron chi connectivity index (χ2n) is 9.20. The molecule has 35 heavy (non-hydrogen) atoms. The highest BCUT2D eigenvalue weighted by Crippen LogP contribution is 2.33. The summed E-state index contributed by atoms with van der Waals surface area (Å²) in [6.45, 7) is 2.80. The van der Waals surface area contributed by atoms with Gasteiger partial charge in [-0.1, -0.05) is 12.5 Å². The predicted octanol–water partition coefficient (Wildman–Crippen LogP) is 2.57. The van der Waals surface area contributed by atoms with E-state index in [9.17, 15) is 18.0 Å². The molecule has 0 aromatic heterocycles. The summed E-state index contributed by atoms with van der Waals surface area (Å²) in [7, 11) is -3.61. The first kappa shape index (κ1) is 23.6. The van der Waals surface area contributed by atoms with Crippen molar-refractivity contribution in [2.75, 3.05) is 24.8 Å². The molecule has 1 atom stereocenters. The maximum atomic E-state index is 13.3. The van der Waals surface area contributed by atoms with Crippen molar-refractivity contribution in [2.45, 2.75) is 56.5 Å². The van der Waals surface area contributed by atoms with E-state index >= 15 is 0 Å². The van der Waals surface area contributed by atoms with E-state index in [0.29, 0.717) is 30.2 Å². The first-order valence-corrected chi connectivity index (χ1v) is 13.4. The Bertz CT molecular complexity index is 1260. The lowest BCUT2D eigenvalue weighted by Crippen LogP contribution is -2.43. The van der Waals surface area contributed by atoms with Crippen molar-refractivity contribution < 1.29 is 27.5 Å². The van der Waals surface area contributed by atoms with Gasteiger partial charge in [0, 0.05) is 31.2 Å². The van der Waals surface area contributed by atoms with Gasteiger partial charge >= 0.3 is 0 Å². The number of carbonyl (C=O) groups excluding carboxylic acids is 2. The fourth-order valence-corrected chi connectivity index (χ4v) is 6.64. The van der Waals surface area contributed by atoms with Crippen LogP contribution < -0.4 is 19.7 Å². The van der Waals surface area contributed by atoms with Crippen LogP contribution in [0.25, 0.3) is 0 Å². The molecule has 186 valence electrons. The molecule has 0 aliphatic carbocycles. The minimum atomic E-state index is -3.61. The van der Waals surface area contributed by atoms with Crippen molar-refractivity contribution in [2.24, 2.45) is 0 Å². The minimum absolute atomic E-state index is 0.0312. The van der Waals surface area contributed by atoms with Gasteiger partial charge in [0.2, 0.25) is 28.6 Å². The molecule has 2 aromatic rings. The molecule has 2 amide bonds. The lowest BCUT2D eigenvalue weighted by Gasteiger charge is -2.33. The van der Waals surface area contributed by atoms with Crippen LogP contribution in [-0.4, -0.2) is 50.5 Å². The second-order valence-corrected chi connectivity index (χ2v) is 11.1. The highest BCUT2D eigenvalue weighted by Gasteiger charge is 2.33. The van der Waals surface area contributed by atoms with Gasteiger partial charge in [0.05, 0.1) is 4.90 Å². The van der Waals surface area contributed by atoms with Gasteiger partial charge in [-0.2, -0.15) is 4.31 Å². The van der Waals surface area contributed by atoms with Crippen LogP contribution in [0.15, 0.2) is 41.3 Å². The zero-order valence-corrected chi connectivity index (χ0v) is 20.5. The van der Waals surface area contributed by atoms with Gasteiger partial charge in [-0.05, 0) is 67.6 Å². The molecule has 1 saturated heterocycles. The third-order valence-corrected chi connectivity index (χ3v) is 8.84. The molecule has 0 saturated carbocycles. The number of piperidine rings is 1. The summed E-state index contributed by atoms with van der Waals surface area (Å²) in [5, 5.41) is 2.84. The van der Waals surface area contributed by atoms with Gasteiger partial charge in [-0.15, -0.1) is 0 Å². The van der Waals surface area contributed by atoms with Crippen molar-refractivity contribution in [3.8, 4) is 11.5 Å². The number of sulfonamides is 1. The van der Waals surface area contributed by atoms with Gasteiger partial charge in [-0.25, -0.2) is 8.42 Å². The van der Waals surface area contributed by atoms with Crippen LogP contribution in [0.4, 0.5) is 5.69 Å². The number of ether oxygens (including phenoxy) is 2. The molecular weight excluding hydrogens is 470 g/mol. The first-order chi connectivity index (χ1) is 16.8. The number of aryl methyl sites for hydroxylation is 1. The second kappa shape index (κ2) is 9.50. The topological polar surface area (TPSA) is 105 Å². The van der Waals surface area contributed by atoms with Gasteiger partial charge in [0.1, 0.15) is 6.54 Å². The third kappa shape index (κ3) is 4.72. The number of nitrogens with zero attached hydrogens (tertiary/aromatic N) is 2. The number of hydrogen-bond donors (Lipinski definition) is 1. The summed E-state index contributed by atoms with van der Waals surface area (Å²) in [5.74, 6) is 0.854. The Morgan fingerprint density at radius 1 is 1.09 bits per heavy atom. The normalized spacial score (nSPS) is 20.0. The standard InChI is InChI=1S/C25H29N3O6S/c1-17-4-2-3-11-28(17)35(31,32)20-7-8-21-19(13-20)6-10-25(30)27(21)15-24(29)26-14-18-5-9-22-23(12-18)34-16-33-22/h5,7-9,12-13,17H,2-4,6,10-11,14-16H2,1H3,(H,26,29). The highest BCUT2D eigenvalue weighted by molar-refractivity contribution is 7.89. The Kier molecular flexibility index (Phi) is 6.41. The van der Waals surface area contributed by atoms with Gasteiger partial charge in [-0.3, -0.25) is 9.59 Å². The van der Waals surface area contributed by atoms with Crippen LogP contribution in [0, 0.1) is 0 Å². The van der Waals surface area contributed by atoms with Gasteiger partial charge in [0.15, 0.2) is 11.5 Å². The molecule has 9 nitrogen and oxygen atoms in total. The predicted molar refractivity (Wildman–Crippen MR) is 129 cm³/mol. The van der Waals surface area contributed by atoms with Gasteiger partial charge in [0.25, 0.3) is 0 Å². The minimum Gasteiger partial charge on any atom is -0.454 e. The molecule has 3 aliphatic rings. The van der Waals surface area contributed by atoms with E-state index in [1.54, 1.807) is 28.6 Å². The smallest absolute Gasteiger partial charge is 0.243 e. The summed E-state index contributed by atoms with van der Waals surface area (Å²) < 4.78 is 38.8. The first-order valence-electron chi connectivity index (χ1n) is 11.9. The van der Waals surface area contributed by atoms with Crippen LogP contribution >= 0.6 is 0 Å². The van der Waals surface area contributed by atoms with Crippen LogP contribution in [0.2, 0.25) is 0 Å². The monoisotopic (exact) mass is 499 g/mol. The molecule has 1 unspecified atom stereocenters. The molecule has 0 bridgehead atoms. The number of nitrogens with one attached hydrogen (secondary N) is 1. The number of fused-ring (bicyclic) bond motifs is 2. The molecule has 1 N–H and O–H groups in total. The fourth-order valence-electron chi connectivity index (χ4n) is 4.89. The molecule has 2 aromatic carbocycles. The number of rotatable bonds is 6. The molecule has 5 rings (SSSR count). The van der Waals surface area contributed by atoms with E-state index in [2.05, 4.69) is 5.32 Å². The van der Waals surface area contributed by atoms with E-state index in [1.165, 1.54) is 4.90 Å². The molecule has 3 heterocycles. The van der Waals surface area contributed by atoms with Crippen molar-refractivity contribution >= 4 is 27.5 Å². The molecule has 0 spiro atoms. The Hall–Kier alpha value is -3.11. The largest absolute Gasteiger partial charge is 0.454 e. The van der Waals surface area contributed by atoms with Gasteiger partial charge < -0.3 is 19.7 Å². The molecule has 1 fully saturated rings. The summed E-state index contributed by atoms with van der Waals surface area (Å²) in [4.78, 5) is 27.0. The maximum Gasteiger partial charge on any atom is 0.243 e. The zero-order valence-electron chi connectivity index (χ0n) is 19.7. The number of amides is 2. The number of anilines is 1. The average molecular weight is 500 g/mol. The number of benzene rings is 2. The Balaban J connectivity index is 1.29. The van der Waals surface area contributed by atoms with Crippen molar-refractivity contribution in [1.82, 2.24) is 9.62 Å². The van der Waals surface area contributed by atoms with Crippen LogP contribution in [-0.2, 0) is 32.6 Å². The number of hydrogen-bond acceptors (Lipinski definition) is 6. The third-order valence-electron chi connectivity index (χ3n) is 6.83. The average Bonchev–Trinajstić information content (AvgIpc) is 3.32. The lowest BCUT2D eigenvalue weighted by molar-refractivity contribution is -0.124. The quantitative estimate of drug-likeness (QED) is 0.655. The van der Waals surface area contributed by atoms with Crippen LogP contribution in [0.1, 0.15) is 43.7 Å². The Morgan fingerprint density at radius 3 is 2.74 bits per heavy atom. The zero-order chi connectivity index (χ0) is 24.6. The van der Waals surface area contributed by atoms with E-state index in [-0.39, 0.29) is 49.1 Å². The molecular formula is C25H29N3O6S. The number of carbonyl (C=O) groups is 2. The summed E-state index contributed by atoms with van der Waals surface area (Å²) in [6.07, 6.45) is 3.42. The summed E-state index contributed by atoms with van der Waals surface area (Å²) in [5.41, 5.74) is 2.21. The molecule has 3 aliphatic heterocycles. The van der Waals surface area contributed by atoms with E-state index in [4.69, 9.17) is 9.47 Å².